The predicted octanol–water partition coefficient (Wildman–Crippen LogP) is 4.95. The van der Waals surface area contributed by atoms with Gasteiger partial charge in [-0.05, 0) is 36.5 Å². The van der Waals surface area contributed by atoms with Gasteiger partial charge in [0.05, 0.1) is 0 Å². The summed E-state index contributed by atoms with van der Waals surface area (Å²) in [4.78, 5) is 0. The van der Waals surface area contributed by atoms with Gasteiger partial charge in [0.25, 0.3) is 0 Å². The molecule has 0 atom stereocenters. The molecule has 0 fully saturated rings. The van der Waals surface area contributed by atoms with E-state index in [4.69, 9.17) is 0 Å². The van der Waals surface area contributed by atoms with Crippen LogP contribution < -0.4 is 0 Å². The van der Waals surface area contributed by atoms with E-state index in [9.17, 15) is 0 Å². The highest BCUT2D eigenvalue weighted by molar-refractivity contribution is 9.09. The van der Waals surface area contributed by atoms with Crippen molar-refractivity contribution in [3.8, 4) is 0 Å². The van der Waals surface area contributed by atoms with Crippen LogP contribution in [-0.2, 0) is 0 Å². The Balaban J connectivity index is 2.91. The SMILES string of the molecule is C/C=C/CCSSSCC/C=C/C. The van der Waals surface area contributed by atoms with E-state index < -0.39 is 0 Å². The first-order chi connectivity index (χ1) is 6.41. The molecule has 0 N–H and O–H groups in total. The summed E-state index contributed by atoms with van der Waals surface area (Å²) in [6.07, 6.45) is 11.1. The average molecular weight is 234 g/mol. The topological polar surface area (TPSA) is 0 Å². The first-order valence-corrected chi connectivity index (χ1v) is 8.37. The lowest BCUT2D eigenvalue weighted by molar-refractivity contribution is 1.24. The van der Waals surface area contributed by atoms with Crippen LogP contribution in [0.3, 0.4) is 0 Å². The summed E-state index contributed by atoms with van der Waals surface area (Å²) in [6.45, 7) is 4.15. The van der Waals surface area contributed by atoms with Crippen LogP contribution in [0.4, 0.5) is 0 Å². The lowest BCUT2D eigenvalue weighted by atomic mass is 10.4. The van der Waals surface area contributed by atoms with E-state index in [-0.39, 0.29) is 0 Å². The van der Waals surface area contributed by atoms with E-state index in [1.54, 1.807) is 0 Å². The van der Waals surface area contributed by atoms with Crippen molar-refractivity contribution in [1.29, 1.82) is 0 Å². The van der Waals surface area contributed by atoms with Gasteiger partial charge in [-0.3, -0.25) is 0 Å². The lowest BCUT2D eigenvalue weighted by Crippen LogP contribution is -1.71. The fraction of sp³-hybridized carbons (Fsp3) is 0.600. The van der Waals surface area contributed by atoms with Crippen molar-refractivity contribution in [2.75, 3.05) is 11.5 Å². The van der Waals surface area contributed by atoms with E-state index in [0.29, 0.717) is 0 Å². The fourth-order valence-electron chi connectivity index (χ4n) is 0.668. The maximum Gasteiger partial charge on any atom is 0.00797 e. The standard InChI is InChI=1S/C10H18S3/c1-3-5-7-9-11-13-12-10-8-6-4-2/h3-6H,7-10H2,1-2H3/b5-3+,6-4+. The molecule has 0 amide bonds. The Hall–Kier alpha value is 0.530. The Morgan fingerprint density at radius 3 is 1.69 bits per heavy atom. The maximum absolute atomic E-state index is 2.22. The molecule has 0 aliphatic heterocycles. The van der Waals surface area contributed by atoms with Crippen LogP contribution in [0.2, 0.25) is 0 Å². The monoisotopic (exact) mass is 234 g/mol. The molecule has 0 saturated heterocycles. The summed E-state index contributed by atoms with van der Waals surface area (Å²) in [5.41, 5.74) is 0. The Morgan fingerprint density at radius 1 is 0.846 bits per heavy atom. The molecule has 0 radical (unpaired) electrons. The van der Waals surface area contributed by atoms with Gasteiger partial charge in [-0.2, -0.15) is 0 Å². The molecule has 0 bridgehead atoms. The number of rotatable bonds is 8. The zero-order chi connectivity index (χ0) is 9.78. The Morgan fingerprint density at radius 2 is 1.31 bits per heavy atom. The molecule has 0 heterocycles. The molecule has 0 aromatic carbocycles. The van der Waals surface area contributed by atoms with E-state index in [0.717, 1.165) is 0 Å². The fourth-order valence-corrected chi connectivity index (χ4v) is 4.36. The van der Waals surface area contributed by atoms with Crippen molar-refractivity contribution in [2.24, 2.45) is 0 Å². The summed E-state index contributed by atoms with van der Waals surface area (Å²) < 4.78 is 0. The van der Waals surface area contributed by atoms with Crippen LogP contribution in [0.5, 0.6) is 0 Å². The third-order valence-electron chi connectivity index (χ3n) is 1.30. The molecule has 3 heteroatoms. The zero-order valence-electron chi connectivity index (χ0n) is 8.36. The van der Waals surface area contributed by atoms with Crippen LogP contribution in [0.25, 0.3) is 0 Å². The lowest BCUT2D eigenvalue weighted by Gasteiger charge is -1.96. The van der Waals surface area contributed by atoms with E-state index in [1.807, 2.05) is 31.4 Å². The molecule has 0 aromatic rings. The van der Waals surface area contributed by atoms with E-state index >= 15 is 0 Å². The van der Waals surface area contributed by atoms with Gasteiger partial charge in [0.1, 0.15) is 0 Å². The first kappa shape index (κ1) is 13.5. The molecule has 0 rings (SSSR count). The van der Waals surface area contributed by atoms with Gasteiger partial charge in [-0.15, -0.1) is 0 Å². The van der Waals surface area contributed by atoms with Crippen LogP contribution in [0.1, 0.15) is 26.7 Å². The van der Waals surface area contributed by atoms with Crippen molar-refractivity contribution in [1.82, 2.24) is 0 Å². The van der Waals surface area contributed by atoms with Gasteiger partial charge >= 0.3 is 0 Å². The molecule has 0 aromatic heterocycles. The summed E-state index contributed by atoms with van der Waals surface area (Å²) in [5, 5.41) is 0. The molecular weight excluding hydrogens is 216 g/mol. The summed E-state index contributed by atoms with van der Waals surface area (Å²) in [7, 11) is 5.83. The minimum Gasteiger partial charge on any atom is -0.0916 e. The maximum atomic E-state index is 2.22. The van der Waals surface area contributed by atoms with Crippen molar-refractivity contribution in [3.63, 3.8) is 0 Å². The third kappa shape index (κ3) is 12.5. The highest BCUT2D eigenvalue weighted by Crippen LogP contribution is 2.35. The Bertz CT molecular complexity index is 125. The Kier molecular flexibility index (Phi) is 13.0. The highest BCUT2D eigenvalue weighted by atomic mass is 33.5. The second kappa shape index (κ2) is 12.5. The first-order valence-electron chi connectivity index (χ1n) is 4.55. The van der Waals surface area contributed by atoms with Crippen LogP contribution in [0, 0.1) is 0 Å². The molecule has 0 saturated carbocycles. The van der Waals surface area contributed by atoms with Gasteiger partial charge in [0.2, 0.25) is 0 Å². The van der Waals surface area contributed by atoms with Crippen LogP contribution in [0.15, 0.2) is 24.3 Å². The number of hydrogen-bond acceptors (Lipinski definition) is 3. The minimum atomic E-state index is 1.20. The summed E-state index contributed by atoms with van der Waals surface area (Å²) in [6, 6.07) is 0. The van der Waals surface area contributed by atoms with Gasteiger partial charge in [0, 0.05) is 11.5 Å². The largest absolute Gasteiger partial charge is 0.0916 e. The molecule has 0 aliphatic rings. The van der Waals surface area contributed by atoms with Gasteiger partial charge < -0.3 is 0 Å². The second-order valence-electron chi connectivity index (χ2n) is 2.43. The minimum absolute atomic E-state index is 1.20. The highest BCUT2D eigenvalue weighted by Gasteiger charge is 1.89. The molecule has 76 valence electrons. The summed E-state index contributed by atoms with van der Waals surface area (Å²) >= 11 is 0. The zero-order valence-corrected chi connectivity index (χ0v) is 10.8. The molecule has 0 spiro atoms. The van der Waals surface area contributed by atoms with Crippen molar-refractivity contribution in [2.45, 2.75) is 26.7 Å². The van der Waals surface area contributed by atoms with Gasteiger partial charge in [-0.1, -0.05) is 45.9 Å². The van der Waals surface area contributed by atoms with Crippen LogP contribution >= 0.6 is 31.4 Å². The predicted molar refractivity (Wildman–Crippen MR) is 71.4 cm³/mol. The second-order valence-corrected chi connectivity index (χ2v) is 6.90. The van der Waals surface area contributed by atoms with Crippen molar-refractivity contribution in [3.05, 3.63) is 24.3 Å². The van der Waals surface area contributed by atoms with E-state index in [2.05, 4.69) is 38.2 Å². The average Bonchev–Trinajstić information content (AvgIpc) is 2.16. The normalized spacial score (nSPS) is 11.8. The van der Waals surface area contributed by atoms with Crippen molar-refractivity contribution >= 4 is 31.4 Å². The number of hydrogen-bond donors (Lipinski definition) is 0. The third-order valence-corrected chi connectivity index (χ3v) is 5.61. The molecule has 0 nitrogen and oxygen atoms in total. The molecule has 0 aliphatic carbocycles. The molecular formula is C10H18S3. The van der Waals surface area contributed by atoms with Crippen LogP contribution in [-0.4, -0.2) is 11.5 Å². The summed E-state index contributed by atoms with van der Waals surface area (Å²) in [5.74, 6) is 2.46. The molecule has 13 heavy (non-hydrogen) atoms. The van der Waals surface area contributed by atoms with E-state index in [1.165, 1.54) is 24.3 Å². The Labute approximate surface area is 93.8 Å². The van der Waals surface area contributed by atoms with Gasteiger partial charge in [0.15, 0.2) is 0 Å². The van der Waals surface area contributed by atoms with Crippen molar-refractivity contribution < 1.29 is 0 Å². The number of allylic oxidation sites excluding steroid dienone is 4. The smallest absolute Gasteiger partial charge is 0.00797 e. The molecule has 0 unspecified atom stereocenters. The quantitative estimate of drug-likeness (QED) is 0.331. The van der Waals surface area contributed by atoms with Gasteiger partial charge in [-0.25, -0.2) is 0 Å².